The number of aliphatic hydroxyl groups excluding tert-OH is 1. The fourth-order valence-corrected chi connectivity index (χ4v) is 3.73. The highest BCUT2D eigenvalue weighted by molar-refractivity contribution is 6.30. The van der Waals surface area contributed by atoms with Crippen molar-refractivity contribution in [2.24, 2.45) is 4.99 Å². The lowest BCUT2D eigenvalue weighted by Crippen LogP contribution is -2.50. The van der Waals surface area contributed by atoms with Gasteiger partial charge in [0.1, 0.15) is 18.4 Å². The Morgan fingerprint density at radius 1 is 1.32 bits per heavy atom. The van der Waals surface area contributed by atoms with Gasteiger partial charge in [-0.3, -0.25) is 4.79 Å². The molecule has 164 valence electrons. The minimum absolute atomic E-state index is 0.0152. The molecule has 2 aromatic rings. The number of pyridine rings is 1. The Kier molecular flexibility index (Phi) is 5.52. The van der Waals surface area contributed by atoms with Gasteiger partial charge in [0.25, 0.3) is 0 Å². The van der Waals surface area contributed by atoms with Crippen LogP contribution in [0.15, 0.2) is 23.5 Å². The zero-order valence-electron chi connectivity index (χ0n) is 15.6. The average Bonchev–Trinajstić information content (AvgIpc) is 3.29. The van der Waals surface area contributed by atoms with Gasteiger partial charge in [-0.25, -0.2) is 24.3 Å². The number of carbonyl (C=O) groups is 1. The van der Waals surface area contributed by atoms with Crippen molar-refractivity contribution in [2.45, 2.75) is 30.7 Å². The van der Waals surface area contributed by atoms with Crippen LogP contribution in [0, 0.1) is 5.82 Å². The molecule has 0 aromatic carbocycles. The standard InChI is InChI=1S/C18H15ClF4N6O2/c19-8-3-9-10(5-25-14(9)24-4-8)15-26-6-11(20)16(28-15)29-2-1-12(30)13(29)17(31)27-7-18(21,22)23/h3-6,10,12-13,30H,1-2,7H2,(H,27,31)/t10?,12-,13-/m0/s1. The zero-order chi connectivity index (χ0) is 22.3. The molecule has 2 N–H and O–H groups in total. The monoisotopic (exact) mass is 458 g/mol. The number of aromatic nitrogens is 3. The van der Waals surface area contributed by atoms with E-state index in [4.69, 9.17) is 11.6 Å². The van der Waals surface area contributed by atoms with E-state index in [0.717, 1.165) is 11.1 Å². The largest absolute Gasteiger partial charge is 0.405 e. The number of carbonyl (C=O) groups excluding carboxylic acids is 1. The van der Waals surface area contributed by atoms with Crippen LogP contribution in [0.1, 0.15) is 23.7 Å². The molecule has 13 heteroatoms. The van der Waals surface area contributed by atoms with Crippen molar-refractivity contribution in [3.63, 3.8) is 0 Å². The molecule has 1 saturated heterocycles. The number of anilines is 1. The molecule has 0 aliphatic carbocycles. The first-order valence-electron chi connectivity index (χ1n) is 9.15. The van der Waals surface area contributed by atoms with Gasteiger partial charge in [-0.05, 0) is 12.5 Å². The number of nitrogens with one attached hydrogen (secondary N) is 1. The third kappa shape index (κ3) is 4.30. The van der Waals surface area contributed by atoms with E-state index in [1.165, 1.54) is 12.4 Å². The van der Waals surface area contributed by atoms with Crippen molar-refractivity contribution in [1.82, 2.24) is 20.3 Å². The van der Waals surface area contributed by atoms with Crippen LogP contribution in [0.25, 0.3) is 0 Å². The van der Waals surface area contributed by atoms with Crippen molar-refractivity contribution in [1.29, 1.82) is 0 Å². The van der Waals surface area contributed by atoms with Gasteiger partial charge in [0.05, 0.1) is 23.2 Å². The van der Waals surface area contributed by atoms with E-state index in [2.05, 4.69) is 19.9 Å². The molecule has 2 aromatic heterocycles. The molecule has 1 fully saturated rings. The molecule has 2 aliphatic heterocycles. The molecular weight excluding hydrogens is 444 g/mol. The number of aliphatic imine (C=N–C) groups is 1. The summed E-state index contributed by atoms with van der Waals surface area (Å²) >= 11 is 5.99. The second-order valence-corrected chi connectivity index (χ2v) is 7.49. The van der Waals surface area contributed by atoms with E-state index >= 15 is 0 Å². The fraction of sp³-hybridized carbons (Fsp3) is 0.389. The quantitative estimate of drug-likeness (QED) is 0.680. The number of hydrogen-bond acceptors (Lipinski definition) is 7. The highest BCUT2D eigenvalue weighted by atomic mass is 35.5. The number of hydrogen-bond donors (Lipinski definition) is 2. The van der Waals surface area contributed by atoms with Crippen molar-refractivity contribution in [3.8, 4) is 0 Å². The van der Waals surface area contributed by atoms with Gasteiger partial charge in [-0.15, -0.1) is 0 Å². The summed E-state index contributed by atoms with van der Waals surface area (Å²) in [6.07, 6.45) is -2.03. The van der Waals surface area contributed by atoms with E-state index in [1.54, 1.807) is 11.4 Å². The summed E-state index contributed by atoms with van der Waals surface area (Å²) < 4.78 is 52.0. The molecule has 0 bridgehead atoms. The smallest absolute Gasteiger partial charge is 0.390 e. The molecule has 0 radical (unpaired) electrons. The lowest BCUT2D eigenvalue weighted by atomic mass is 10.0. The first-order chi connectivity index (χ1) is 14.6. The summed E-state index contributed by atoms with van der Waals surface area (Å²) in [5.74, 6) is -2.30. The Balaban J connectivity index is 1.64. The van der Waals surface area contributed by atoms with Crippen LogP contribution in [0.4, 0.5) is 29.2 Å². The predicted octanol–water partition coefficient (Wildman–Crippen LogP) is 2.13. The van der Waals surface area contributed by atoms with Gasteiger partial charge in [0.15, 0.2) is 17.5 Å². The van der Waals surface area contributed by atoms with Gasteiger partial charge in [0, 0.05) is 24.5 Å². The van der Waals surface area contributed by atoms with Crippen LogP contribution in [0.3, 0.4) is 0 Å². The zero-order valence-corrected chi connectivity index (χ0v) is 16.4. The van der Waals surface area contributed by atoms with Crippen molar-refractivity contribution < 1.29 is 27.5 Å². The third-order valence-corrected chi connectivity index (χ3v) is 5.14. The molecule has 1 unspecified atom stereocenters. The highest BCUT2D eigenvalue weighted by Crippen LogP contribution is 2.36. The number of nitrogens with zero attached hydrogens (tertiary/aromatic N) is 5. The van der Waals surface area contributed by atoms with Gasteiger partial charge < -0.3 is 15.3 Å². The maximum atomic E-state index is 14.6. The van der Waals surface area contributed by atoms with E-state index in [1.807, 2.05) is 0 Å². The highest BCUT2D eigenvalue weighted by Gasteiger charge is 2.42. The summed E-state index contributed by atoms with van der Waals surface area (Å²) in [5.41, 5.74) is 0.603. The maximum absolute atomic E-state index is 14.6. The second kappa shape index (κ2) is 8.00. The summed E-state index contributed by atoms with van der Waals surface area (Å²) in [6, 6.07) is 0.196. The molecule has 1 amide bonds. The van der Waals surface area contributed by atoms with Crippen LogP contribution in [0.2, 0.25) is 5.02 Å². The molecule has 31 heavy (non-hydrogen) atoms. The predicted molar refractivity (Wildman–Crippen MR) is 102 cm³/mol. The van der Waals surface area contributed by atoms with Gasteiger partial charge in [-0.2, -0.15) is 13.2 Å². The molecule has 3 atom stereocenters. The minimum Gasteiger partial charge on any atom is -0.390 e. The fourth-order valence-electron chi connectivity index (χ4n) is 3.56. The van der Waals surface area contributed by atoms with Crippen molar-refractivity contribution >= 4 is 35.4 Å². The van der Waals surface area contributed by atoms with Crippen molar-refractivity contribution in [2.75, 3.05) is 18.0 Å². The van der Waals surface area contributed by atoms with Gasteiger partial charge in [-0.1, -0.05) is 11.6 Å². The number of fused-ring (bicyclic) bond motifs is 1. The maximum Gasteiger partial charge on any atom is 0.405 e. The number of halogens is 5. The first-order valence-corrected chi connectivity index (χ1v) is 9.53. The number of alkyl halides is 3. The first kappa shape index (κ1) is 21.4. The number of rotatable bonds is 4. The Morgan fingerprint density at radius 3 is 2.84 bits per heavy atom. The SMILES string of the molecule is O=C(NCC(F)(F)F)[C@@H]1[C@@H](O)CCN1c1nc(C2C=Nc3ncc(Cl)cc32)ncc1F. The number of amides is 1. The molecule has 0 saturated carbocycles. The topological polar surface area (TPSA) is 104 Å². The molecule has 2 aliphatic rings. The summed E-state index contributed by atoms with van der Waals surface area (Å²) in [5, 5.41) is 12.2. The Hall–Kier alpha value is -2.86. The van der Waals surface area contributed by atoms with Crippen LogP contribution in [0.5, 0.6) is 0 Å². The molecular formula is C18H15ClF4N6O2. The molecule has 4 rings (SSSR count). The van der Waals surface area contributed by atoms with Crippen LogP contribution >= 0.6 is 11.6 Å². The Morgan fingerprint density at radius 2 is 2.10 bits per heavy atom. The summed E-state index contributed by atoms with van der Waals surface area (Å²) in [6.45, 7) is -1.55. The van der Waals surface area contributed by atoms with Gasteiger partial charge >= 0.3 is 6.18 Å². The minimum atomic E-state index is -4.62. The van der Waals surface area contributed by atoms with E-state index in [9.17, 15) is 27.5 Å². The number of aliphatic hydroxyl groups is 1. The normalized spacial score (nSPS) is 22.6. The third-order valence-electron chi connectivity index (χ3n) is 4.93. The molecule has 0 spiro atoms. The lowest BCUT2D eigenvalue weighted by molar-refractivity contribution is -0.140. The van der Waals surface area contributed by atoms with E-state index < -0.39 is 42.5 Å². The van der Waals surface area contributed by atoms with Crippen LogP contribution in [-0.2, 0) is 4.79 Å². The molecule has 4 heterocycles. The summed E-state index contributed by atoms with van der Waals surface area (Å²) in [7, 11) is 0. The van der Waals surface area contributed by atoms with E-state index in [-0.39, 0.29) is 24.6 Å². The molecule has 8 nitrogen and oxygen atoms in total. The van der Waals surface area contributed by atoms with Crippen LogP contribution < -0.4 is 10.2 Å². The van der Waals surface area contributed by atoms with Gasteiger partial charge in [0.2, 0.25) is 5.91 Å². The average molecular weight is 459 g/mol. The Labute approximate surface area is 178 Å². The second-order valence-electron chi connectivity index (χ2n) is 7.05. The van der Waals surface area contributed by atoms with E-state index in [0.29, 0.717) is 16.4 Å². The van der Waals surface area contributed by atoms with Crippen LogP contribution in [-0.4, -0.2) is 63.6 Å². The van der Waals surface area contributed by atoms with Crippen molar-refractivity contribution in [3.05, 3.63) is 40.7 Å². The summed E-state index contributed by atoms with van der Waals surface area (Å²) in [4.78, 5) is 29.9. The lowest BCUT2D eigenvalue weighted by Gasteiger charge is -2.27. The Bertz CT molecular complexity index is 1050.